The number of nitrogens with one attached hydrogen (secondary N) is 1. The largest absolute Gasteiger partial charge is 0.368 e. The van der Waals surface area contributed by atoms with Crippen LogP contribution in [0.25, 0.3) is 0 Å². The van der Waals surface area contributed by atoms with Crippen molar-refractivity contribution in [3.63, 3.8) is 0 Å². The summed E-state index contributed by atoms with van der Waals surface area (Å²) >= 11 is 0. The van der Waals surface area contributed by atoms with E-state index in [9.17, 15) is 14.0 Å². The predicted molar refractivity (Wildman–Crippen MR) is 53.7 cm³/mol. The summed E-state index contributed by atoms with van der Waals surface area (Å²) in [6, 6.07) is 4.00. The van der Waals surface area contributed by atoms with Gasteiger partial charge >= 0.3 is 0 Å². The monoisotopic (exact) mass is 226 g/mol. The van der Waals surface area contributed by atoms with Crippen LogP contribution in [0.15, 0.2) is 18.2 Å². The zero-order valence-corrected chi connectivity index (χ0v) is 8.62. The number of amides is 2. The molecule has 0 radical (unpaired) electrons. The molecule has 0 aliphatic rings. The third-order valence-corrected chi connectivity index (χ3v) is 1.81. The standard InChI is InChI=1S/C10H11FN2O3/c1-6-2-3-7(4-8(6)11)10(15)13-16-5-9(12)14/h2-4H,5H2,1H3,(H2,12,14)(H,13,15). The first kappa shape index (κ1) is 12.1. The number of benzene rings is 1. The highest BCUT2D eigenvalue weighted by atomic mass is 19.1. The highest BCUT2D eigenvalue weighted by Gasteiger charge is 2.08. The second-order valence-corrected chi connectivity index (χ2v) is 3.15. The number of carbonyl (C=O) groups is 2. The van der Waals surface area contributed by atoms with Gasteiger partial charge in [0.2, 0.25) is 5.91 Å². The third kappa shape index (κ3) is 3.32. The van der Waals surface area contributed by atoms with Gasteiger partial charge in [-0.25, -0.2) is 9.87 Å². The maximum absolute atomic E-state index is 13.1. The number of nitrogens with two attached hydrogens (primary N) is 1. The molecule has 6 heteroatoms. The minimum Gasteiger partial charge on any atom is -0.368 e. The second kappa shape index (κ2) is 5.22. The molecule has 0 unspecified atom stereocenters. The number of halogens is 1. The number of rotatable bonds is 4. The number of carbonyl (C=O) groups excluding carboxylic acids is 2. The van der Waals surface area contributed by atoms with E-state index < -0.39 is 24.2 Å². The minimum absolute atomic E-state index is 0.104. The maximum atomic E-state index is 13.1. The normalized spacial score (nSPS) is 9.88. The molecule has 0 heterocycles. The first-order valence-corrected chi connectivity index (χ1v) is 4.47. The van der Waals surface area contributed by atoms with Crippen LogP contribution in [-0.4, -0.2) is 18.4 Å². The van der Waals surface area contributed by atoms with Crippen LogP contribution < -0.4 is 11.2 Å². The number of hydroxylamine groups is 1. The Morgan fingerprint density at radius 1 is 1.50 bits per heavy atom. The van der Waals surface area contributed by atoms with E-state index in [0.29, 0.717) is 5.56 Å². The Bertz CT molecular complexity index is 421. The van der Waals surface area contributed by atoms with Crippen molar-refractivity contribution in [2.75, 3.05) is 6.61 Å². The molecule has 0 fully saturated rings. The number of hydrogen-bond donors (Lipinski definition) is 2. The zero-order chi connectivity index (χ0) is 12.1. The molecular weight excluding hydrogens is 215 g/mol. The summed E-state index contributed by atoms with van der Waals surface area (Å²) in [6.45, 7) is 1.15. The number of hydrogen-bond acceptors (Lipinski definition) is 3. The fraction of sp³-hybridized carbons (Fsp3) is 0.200. The van der Waals surface area contributed by atoms with E-state index >= 15 is 0 Å². The minimum atomic E-state index is -0.713. The van der Waals surface area contributed by atoms with Crippen molar-refractivity contribution in [3.05, 3.63) is 35.1 Å². The van der Waals surface area contributed by atoms with Crippen LogP contribution in [0.3, 0.4) is 0 Å². The summed E-state index contributed by atoms with van der Waals surface area (Å²) in [7, 11) is 0. The van der Waals surface area contributed by atoms with Gasteiger partial charge in [-0.05, 0) is 24.6 Å². The van der Waals surface area contributed by atoms with Gasteiger partial charge in [-0.15, -0.1) is 0 Å². The van der Waals surface area contributed by atoms with Crippen LogP contribution in [0, 0.1) is 12.7 Å². The fourth-order valence-corrected chi connectivity index (χ4v) is 0.966. The lowest BCUT2D eigenvalue weighted by atomic mass is 10.1. The van der Waals surface area contributed by atoms with Crippen molar-refractivity contribution in [3.8, 4) is 0 Å². The Labute approximate surface area is 91.3 Å². The molecule has 1 aromatic carbocycles. The van der Waals surface area contributed by atoms with Crippen molar-refractivity contribution in [1.82, 2.24) is 5.48 Å². The lowest BCUT2D eigenvalue weighted by Crippen LogP contribution is -2.29. The molecule has 3 N–H and O–H groups in total. The van der Waals surface area contributed by atoms with Crippen molar-refractivity contribution >= 4 is 11.8 Å². The molecule has 0 spiro atoms. The van der Waals surface area contributed by atoms with E-state index in [-0.39, 0.29) is 5.56 Å². The van der Waals surface area contributed by atoms with Crippen LogP contribution in [0.5, 0.6) is 0 Å². The smallest absolute Gasteiger partial charge is 0.274 e. The van der Waals surface area contributed by atoms with Crippen molar-refractivity contribution in [1.29, 1.82) is 0 Å². The van der Waals surface area contributed by atoms with E-state index in [2.05, 4.69) is 4.84 Å². The van der Waals surface area contributed by atoms with E-state index in [1.54, 1.807) is 6.92 Å². The Morgan fingerprint density at radius 3 is 2.75 bits per heavy atom. The predicted octanol–water partition coefficient (Wildman–Crippen LogP) is 0.281. The van der Waals surface area contributed by atoms with E-state index in [1.165, 1.54) is 12.1 Å². The van der Waals surface area contributed by atoms with Gasteiger partial charge in [0.05, 0.1) is 0 Å². The zero-order valence-electron chi connectivity index (χ0n) is 8.62. The van der Waals surface area contributed by atoms with Gasteiger partial charge in [0.15, 0.2) is 6.61 Å². The van der Waals surface area contributed by atoms with Gasteiger partial charge < -0.3 is 5.73 Å². The number of primary amides is 1. The second-order valence-electron chi connectivity index (χ2n) is 3.15. The van der Waals surface area contributed by atoms with Crippen molar-refractivity contribution < 1.29 is 18.8 Å². The Morgan fingerprint density at radius 2 is 2.19 bits per heavy atom. The molecule has 2 amide bonds. The van der Waals surface area contributed by atoms with Crippen LogP contribution in [0.2, 0.25) is 0 Å². The Balaban J connectivity index is 2.59. The molecule has 0 aliphatic carbocycles. The van der Waals surface area contributed by atoms with Crippen molar-refractivity contribution in [2.24, 2.45) is 5.73 Å². The molecule has 5 nitrogen and oxygen atoms in total. The average molecular weight is 226 g/mol. The van der Waals surface area contributed by atoms with E-state index in [0.717, 1.165) is 6.07 Å². The summed E-state index contributed by atoms with van der Waals surface area (Å²) < 4.78 is 13.1. The van der Waals surface area contributed by atoms with Gasteiger partial charge in [0, 0.05) is 5.56 Å². The number of aryl methyl sites for hydroxylation is 1. The summed E-state index contributed by atoms with van der Waals surface area (Å²) in [5.41, 5.74) is 7.30. The maximum Gasteiger partial charge on any atom is 0.274 e. The van der Waals surface area contributed by atoms with Crippen LogP contribution in [-0.2, 0) is 9.63 Å². The van der Waals surface area contributed by atoms with Gasteiger partial charge in [-0.1, -0.05) is 6.07 Å². The molecule has 16 heavy (non-hydrogen) atoms. The topological polar surface area (TPSA) is 81.4 Å². The fourth-order valence-electron chi connectivity index (χ4n) is 0.966. The lowest BCUT2D eigenvalue weighted by molar-refractivity contribution is -0.124. The molecule has 0 saturated carbocycles. The summed E-state index contributed by atoms with van der Waals surface area (Å²) in [6.07, 6.45) is 0. The molecule has 86 valence electrons. The van der Waals surface area contributed by atoms with Gasteiger partial charge in [0.1, 0.15) is 5.82 Å². The lowest BCUT2D eigenvalue weighted by Gasteiger charge is -2.04. The Hall–Kier alpha value is -1.95. The Kier molecular flexibility index (Phi) is 3.96. The highest BCUT2D eigenvalue weighted by Crippen LogP contribution is 2.08. The SMILES string of the molecule is Cc1ccc(C(=O)NOCC(N)=O)cc1F. The molecule has 0 bridgehead atoms. The quantitative estimate of drug-likeness (QED) is 0.723. The van der Waals surface area contributed by atoms with Crippen LogP contribution in [0.4, 0.5) is 4.39 Å². The van der Waals surface area contributed by atoms with Crippen LogP contribution >= 0.6 is 0 Å². The first-order chi connectivity index (χ1) is 7.50. The highest BCUT2D eigenvalue weighted by molar-refractivity contribution is 5.93. The van der Waals surface area contributed by atoms with Gasteiger partial charge in [0.25, 0.3) is 5.91 Å². The van der Waals surface area contributed by atoms with Gasteiger partial charge in [-0.3, -0.25) is 14.4 Å². The molecule has 1 rings (SSSR count). The molecule has 1 aromatic rings. The van der Waals surface area contributed by atoms with Gasteiger partial charge in [-0.2, -0.15) is 0 Å². The third-order valence-electron chi connectivity index (χ3n) is 1.81. The average Bonchev–Trinajstić information content (AvgIpc) is 2.21. The molecule has 0 saturated heterocycles. The van der Waals surface area contributed by atoms with Crippen LogP contribution in [0.1, 0.15) is 15.9 Å². The van der Waals surface area contributed by atoms with E-state index in [1.807, 2.05) is 5.48 Å². The molecule has 0 atom stereocenters. The molecular formula is C10H11FN2O3. The van der Waals surface area contributed by atoms with E-state index in [4.69, 9.17) is 5.73 Å². The molecule has 0 aliphatic heterocycles. The first-order valence-electron chi connectivity index (χ1n) is 4.47. The summed E-state index contributed by atoms with van der Waals surface area (Å²) in [5.74, 6) is -1.84. The van der Waals surface area contributed by atoms with Crippen molar-refractivity contribution in [2.45, 2.75) is 6.92 Å². The molecule has 0 aromatic heterocycles. The summed E-state index contributed by atoms with van der Waals surface area (Å²) in [5, 5.41) is 0. The summed E-state index contributed by atoms with van der Waals surface area (Å²) in [4.78, 5) is 26.1.